The Morgan fingerprint density at radius 3 is 2.29 bits per heavy atom. The van der Waals surface area contributed by atoms with Crippen LogP contribution in [0.25, 0.3) is 0 Å². The maximum atomic E-state index is 10.4. The second-order valence-corrected chi connectivity index (χ2v) is 5.22. The van der Waals surface area contributed by atoms with Crippen LogP contribution in [0.15, 0.2) is 24.3 Å². The summed E-state index contributed by atoms with van der Waals surface area (Å²) in [5, 5.41) is 20.5. The third-order valence-electron chi connectivity index (χ3n) is 3.68. The lowest BCUT2D eigenvalue weighted by Crippen LogP contribution is -2.29. The fourth-order valence-corrected chi connectivity index (χ4v) is 2.72. The lowest BCUT2D eigenvalue weighted by atomic mass is 9.69. The van der Waals surface area contributed by atoms with Gasteiger partial charge in [0.15, 0.2) is 0 Å². The Hall–Kier alpha value is -1.04. The fraction of sp³-hybridized carbons (Fsp3) is 0.500. The normalized spacial score (nSPS) is 20.5. The Bertz CT molecular complexity index is 415. The van der Waals surface area contributed by atoms with Crippen LogP contribution in [0.1, 0.15) is 43.8 Å². The highest BCUT2D eigenvalue weighted by Crippen LogP contribution is 2.45. The van der Waals surface area contributed by atoms with E-state index in [0.717, 1.165) is 37.7 Å². The number of benzene rings is 1. The molecule has 1 unspecified atom stereocenters. The number of hydrogen-bond donors (Lipinski definition) is 1. The number of nitrogens with zero attached hydrogens (tertiary/aromatic N) is 1. The standard InChI is InChI=1S/C14H16ClNO/c15-12-6-4-11(5-7-12)13(17)14(10-16)8-2-1-3-9-14/h4-7,13,17H,1-3,8-9H2. The molecule has 2 rings (SSSR count). The maximum Gasteiger partial charge on any atom is 0.0976 e. The lowest BCUT2D eigenvalue weighted by molar-refractivity contribution is 0.0360. The second-order valence-electron chi connectivity index (χ2n) is 4.78. The molecule has 0 spiro atoms. The molecule has 1 aliphatic carbocycles. The van der Waals surface area contributed by atoms with Crippen LogP contribution in [-0.2, 0) is 0 Å². The number of aliphatic hydroxyl groups excluding tert-OH is 1. The van der Waals surface area contributed by atoms with Crippen LogP contribution in [0.4, 0.5) is 0 Å². The Morgan fingerprint density at radius 2 is 1.76 bits per heavy atom. The van der Waals surface area contributed by atoms with Crippen molar-refractivity contribution in [1.29, 1.82) is 5.26 Å². The van der Waals surface area contributed by atoms with E-state index >= 15 is 0 Å². The van der Waals surface area contributed by atoms with Gasteiger partial charge in [0.05, 0.1) is 17.6 Å². The van der Waals surface area contributed by atoms with Gasteiger partial charge in [0.2, 0.25) is 0 Å². The van der Waals surface area contributed by atoms with Crippen LogP contribution >= 0.6 is 11.6 Å². The van der Waals surface area contributed by atoms with E-state index in [2.05, 4.69) is 6.07 Å². The Balaban J connectivity index is 2.25. The summed E-state index contributed by atoms with van der Waals surface area (Å²) in [5.41, 5.74) is 0.185. The SMILES string of the molecule is N#CC1(C(O)c2ccc(Cl)cc2)CCCCC1. The highest BCUT2D eigenvalue weighted by atomic mass is 35.5. The van der Waals surface area contributed by atoms with Gasteiger partial charge in [0.25, 0.3) is 0 Å². The van der Waals surface area contributed by atoms with Crippen molar-refractivity contribution in [2.45, 2.75) is 38.2 Å². The van der Waals surface area contributed by atoms with Gasteiger partial charge in [-0.3, -0.25) is 0 Å². The average molecular weight is 250 g/mol. The topological polar surface area (TPSA) is 44.0 Å². The van der Waals surface area contributed by atoms with E-state index in [9.17, 15) is 10.4 Å². The van der Waals surface area contributed by atoms with Crippen LogP contribution < -0.4 is 0 Å². The minimum atomic E-state index is -0.704. The molecule has 1 atom stereocenters. The van der Waals surface area contributed by atoms with E-state index in [1.54, 1.807) is 24.3 Å². The highest BCUT2D eigenvalue weighted by Gasteiger charge is 2.40. The van der Waals surface area contributed by atoms with E-state index < -0.39 is 11.5 Å². The zero-order valence-electron chi connectivity index (χ0n) is 9.69. The summed E-state index contributed by atoms with van der Waals surface area (Å²) in [6.07, 6.45) is 4.08. The van der Waals surface area contributed by atoms with Gasteiger partial charge in [-0.2, -0.15) is 5.26 Å². The van der Waals surface area contributed by atoms with Crippen molar-refractivity contribution in [2.24, 2.45) is 5.41 Å². The summed E-state index contributed by atoms with van der Waals surface area (Å²) in [5.74, 6) is 0. The van der Waals surface area contributed by atoms with E-state index in [-0.39, 0.29) is 0 Å². The molecule has 0 radical (unpaired) electrons. The first-order chi connectivity index (χ1) is 8.18. The molecule has 1 aliphatic rings. The van der Waals surface area contributed by atoms with Crippen molar-refractivity contribution in [3.8, 4) is 6.07 Å². The quantitative estimate of drug-likeness (QED) is 0.865. The number of halogens is 1. The van der Waals surface area contributed by atoms with Crippen molar-refractivity contribution in [2.75, 3.05) is 0 Å². The Morgan fingerprint density at radius 1 is 1.18 bits per heavy atom. The van der Waals surface area contributed by atoms with Crippen molar-refractivity contribution < 1.29 is 5.11 Å². The van der Waals surface area contributed by atoms with E-state index in [4.69, 9.17) is 11.6 Å². The summed E-state index contributed by atoms with van der Waals surface area (Å²) in [7, 11) is 0. The number of aliphatic hydroxyl groups is 1. The van der Waals surface area contributed by atoms with Gasteiger partial charge in [-0.15, -0.1) is 0 Å². The van der Waals surface area contributed by atoms with Gasteiger partial charge in [-0.1, -0.05) is 43.0 Å². The predicted molar refractivity (Wildman–Crippen MR) is 67.5 cm³/mol. The van der Waals surface area contributed by atoms with Crippen molar-refractivity contribution >= 4 is 11.6 Å². The molecule has 0 aromatic heterocycles. The molecule has 1 aromatic rings. The smallest absolute Gasteiger partial charge is 0.0976 e. The van der Waals surface area contributed by atoms with Gasteiger partial charge in [-0.05, 0) is 30.5 Å². The minimum Gasteiger partial charge on any atom is -0.387 e. The molecule has 0 saturated heterocycles. The molecule has 1 aromatic carbocycles. The largest absolute Gasteiger partial charge is 0.387 e. The average Bonchev–Trinajstić information content (AvgIpc) is 2.39. The molecule has 2 nitrogen and oxygen atoms in total. The molecular weight excluding hydrogens is 234 g/mol. The van der Waals surface area contributed by atoms with E-state index in [0.29, 0.717) is 5.02 Å². The molecule has 90 valence electrons. The number of nitriles is 1. The molecule has 0 bridgehead atoms. The van der Waals surface area contributed by atoms with E-state index in [1.165, 1.54) is 0 Å². The summed E-state index contributed by atoms with van der Waals surface area (Å²) in [6, 6.07) is 9.48. The molecular formula is C14H16ClNO. The predicted octanol–water partition coefficient (Wildman–Crippen LogP) is 3.85. The Kier molecular flexibility index (Phi) is 3.71. The highest BCUT2D eigenvalue weighted by molar-refractivity contribution is 6.30. The van der Waals surface area contributed by atoms with Crippen LogP contribution in [0.2, 0.25) is 5.02 Å². The molecule has 0 amide bonds. The number of hydrogen-bond acceptors (Lipinski definition) is 2. The molecule has 1 fully saturated rings. The summed E-state index contributed by atoms with van der Waals surface area (Å²) in [6.45, 7) is 0. The molecule has 17 heavy (non-hydrogen) atoms. The van der Waals surface area contributed by atoms with Crippen molar-refractivity contribution in [1.82, 2.24) is 0 Å². The van der Waals surface area contributed by atoms with E-state index in [1.807, 2.05) is 0 Å². The van der Waals surface area contributed by atoms with Crippen LogP contribution in [0, 0.1) is 16.7 Å². The van der Waals surface area contributed by atoms with Gasteiger partial charge < -0.3 is 5.11 Å². The summed E-state index contributed by atoms with van der Waals surface area (Å²) < 4.78 is 0. The van der Waals surface area contributed by atoms with Gasteiger partial charge >= 0.3 is 0 Å². The van der Waals surface area contributed by atoms with Crippen LogP contribution in [0.3, 0.4) is 0 Å². The minimum absolute atomic E-state index is 0.605. The number of rotatable bonds is 2. The van der Waals surface area contributed by atoms with Crippen molar-refractivity contribution in [3.63, 3.8) is 0 Å². The first-order valence-corrected chi connectivity index (χ1v) is 6.40. The van der Waals surface area contributed by atoms with Gasteiger partial charge in [0.1, 0.15) is 0 Å². The van der Waals surface area contributed by atoms with Crippen LogP contribution in [0.5, 0.6) is 0 Å². The molecule has 0 aliphatic heterocycles. The van der Waals surface area contributed by atoms with Gasteiger partial charge in [-0.25, -0.2) is 0 Å². The first-order valence-electron chi connectivity index (χ1n) is 6.03. The maximum absolute atomic E-state index is 10.4. The van der Waals surface area contributed by atoms with Gasteiger partial charge in [0, 0.05) is 5.02 Å². The molecule has 1 saturated carbocycles. The molecule has 1 N–H and O–H groups in total. The summed E-state index contributed by atoms with van der Waals surface area (Å²) in [4.78, 5) is 0. The monoisotopic (exact) mass is 249 g/mol. The lowest BCUT2D eigenvalue weighted by Gasteiger charge is -2.35. The summed E-state index contributed by atoms with van der Waals surface area (Å²) >= 11 is 5.82. The third-order valence-corrected chi connectivity index (χ3v) is 3.93. The zero-order valence-corrected chi connectivity index (χ0v) is 10.5. The third kappa shape index (κ3) is 2.46. The molecule has 3 heteroatoms. The second kappa shape index (κ2) is 5.08. The Labute approximate surface area is 107 Å². The van der Waals surface area contributed by atoms with Crippen LogP contribution in [-0.4, -0.2) is 5.11 Å². The zero-order chi connectivity index (χ0) is 12.3. The fourth-order valence-electron chi connectivity index (χ4n) is 2.59. The first kappa shape index (κ1) is 12.4. The molecule has 0 heterocycles. The van der Waals surface area contributed by atoms with Crippen molar-refractivity contribution in [3.05, 3.63) is 34.9 Å².